The van der Waals surface area contributed by atoms with E-state index in [0.29, 0.717) is 18.6 Å². The van der Waals surface area contributed by atoms with Gasteiger partial charge < -0.3 is 0 Å². The molecule has 86 valence electrons. The summed E-state index contributed by atoms with van der Waals surface area (Å²) in [5.41, 5.74) is 0.987. The summed E-state index contributed by atoms with van der Waals surface area (Å²) in [5.74, 6) is -0.0624. The van der Waals surface area contributed by atoms with E-state index in [4.69, 9.17) is 11.6 Å². The van der Waals surface area contributed by atoms with Gasteiger partial charge in [-0.3, -0.25) is 9.69 Å². The van der Waals surface area contributed by atoms with Crippen LogP contribution >= 0.6 is 11.6 Å². The molecule has 0 N–H and O–H groups in total. The molecule has 2 nitrogen and oxygen atoms in total. The molecule has 0 aromatic heterocycles. The number of carbonyl (C=O) groups excluding carboxylic acids is 1. The van der Waals surface area contributed by atoms with Crippen LogP contribution in [0.15, 0.2) is 18.2 Å². The first-order chi connectivity index (χ1) is 7.65. The van der Waals surface area contributed by atoms with E-state index in [9.17, 15) is 9.18 Å². The van der Waals surface area contributed by atoms with Gasteiger partial charge in [0.05, 0.1) is 5.02 Å². The summed E-state index contributed by atoms with van der Waals surface area (Å²) in [4.78, 5) is 13.2. The van der Waals surface area contributed by atoms with Crippen LogP contribution in [0.25, 0.3) is 0 Å². The van der Waals surface area contributed by atoms with E-state index in [1.807, 2.05) is 0 Å². The number of benzene rings is 1. The number of hydrogen-bond donors (Lipinski definition) is 0. The van der Waals surface area contributed by atoms with Crippen LogP contribution in [0.3, 0.4) is 0 Å². The van der Waals surface area contributed by atoms with Gasteiger partial charge in [-0.05, 0) is 17.7 Å². The van der Waals surface area contributed by atoms with Gasteiger partial charge >= 0.3 is 0 Å². The molecule has 2 rings (SSSR count). The lowest BCUT2D eigenvalue weighted by Gasteiger charge is -2.25. The van der Waals surface area contributed by atoms with Gasteiger partial charge in [-0.1, -0.05) is 17.7 Å². The zero-order valence-corrected chi connectivity index (χ0v) is 9.63. The van der Waals surface area contributed by atoms with Crippen molar-refractivity contribution in [2.45, 2.75) is 19.4 Å². The van der Waals surface area contributed by atoms with E-state index in [0.717, 1.165) is 25.2 Å². The number of likely N-dealkylation sites (tertiary alicyclic amines) is 1. The van der Waals surface area contributed by atoms with Crippen LogP contribution < -0.4 is 0 Å². The van der Waals surface area contributed by atoms with Crippen LogP contribution in [0.5, 0.6) is 0 Å². The predicted molar refractivity (Wildman–Crippen MR) is 60.9 cm³/mol. The highest BCUT2D eigenvalue weighted by molar-refractivity contribution is 6.30. The molecule has 0 saturated carbocycles. The van der Waals surface area contributed by atoms with Crippen LogP contribution in [-0.4, -0.2) is 23.8 Å². The Morgan fingerprint density at radius 2 is 2.00 bits per heavy atom. The minimum absolute atomic E-state index is 0.158. The lowest BCUT2D eigenvalue weighted by atomic mass is 10.1. The maximum Gasteiger partial charge on any atom is 0.141 e. The van der Waals surface area contributed by atoms with Gasteiger partial charge in [0, 0.05) is 32.5 Å². The molecule has 0 unspecified atom stereocenters. The van der Waals surface area contributed by atoms with Gasteiger partial charge in [0.2, 0.25) is 0 Å². The maximum atomic E-state index is 12.9. The van der Waals surface area contributed by atoms with Gasteiger partial charge in [0.25, 0.3) is 0 Å². The highest BCUT2D eigenvalue weighted by Crippen LogP contribution is 2.18. The van der Waals surface area contributed by atoms with Crippen molar-refractivity contribution in [3.63, 3.8) is 0 Å². The van der Waals surface area contributed by atoms with Crippen molar-refractivity contribution >= 4 is 17.4 Å². The SMILES string of the molecule is O=C1CCN(Cc2ccc(F)c(Cl)c2)CC1. The molecular formula is C12H13ClFNO. The largest absolute Gasteiger partial charge is 0.300 e. The fourth-order valence-electron chi connectivity index (χ4n) is 1.86. The van der Waals surface area contributed by atoms with Gasteiger partial charge in [0.1, 0.15) is 11.6 Å². The molecular weight excluding hydrogens is 229 g/mol. The number of nitrogens with zero attached hydrogens (tertiary/aromatic N) is 1. The number of Topliss-reactive ketones (excluding diaryl/α,β-unsaturated/α-hetero) is 1. The first-order valence-corrected chi connectivity index (χ1v) is 5.71. The Bertz CT molecular complexity index is 398. The van der Waals surface area contributed by atoms with Crippen LogP contribution in [0, 0.1) is 5.82 Å². The van der Waals surface area contributed by atoms with Crippen LogP contribution in [0.1, 0.15) is 18.4 Å². The Morgan fingerprint density at radius 1 is 1.31 bits per heavy atom. The van der Waals surface area contributed by atoms with E-state index in [1.165, 1.54) is 6.07 Å². The molecule has 0 spiro atoms. The average Bonchev–Trinajstić information content (AvgIpc) is 2.27. The van der Waals surface area contributed by atoms with E-state index in [2.05, 4.69) is 4.90 Å². The van der Waals surface area contributed by atoms with Gasteiger partial charge in [-0.2, -0.15) is 0 Å². The minimum atomic E-state index is -0.390. The topological polar surface area (TPSA) is 20.3 Å². The summed E-state index contributed by atoms with van der Waals surface area (Å²) in [6.45, 7) is 2.30. The zero-order valence-electron chi connectivity index (χ0n) is 8.88. The second-order valence-electron chi connectivity index (χ2n) is 4.06. The van der Waals surface area contributed by atoms with Gasteiger partial charge in [-0.25, -0.2) is 4.39 Å². The molecule has 1 aromatic rings. The first kappa shape index (κ1) is 11.6. The van der Waals surface area contributed by atoms with Crippen LogP contribution in [0.4, 0.5) is 4.39 Å². The van der Waals surface area contributed by atoms with Crippen LogP contribution in [-0.2, 0) is 11.3 Å². The van der Waals surface area contributed by atoms with Crippen molar-refractivity contribution in [1.82, 2.24) is 4.90 Å². The second kappa shape index (κ2) is 4.93. The second-order valence-corrected chi connectivity index (χ2v) is 4.47. The Balaban J connectivity index is 1.98. The number of hydrogen-bond acceptors (Lipinski definition) is 2. The number of piperidine rings is 1. The lowest BCUT2D eigenvalue weighted by molar-refractivity contribution is -0.121. The first-order valence-electron chi connectivity index (χ1n) is 5.33. The molecule has 0 atom stereocenters. The summed E-state index contributed by atoms with van der Waals surface area (Å²) in [6, 6.07) is 4.76. The van der Waals surface area contributed by atoms with Gasteiger partial charge in [0.15, 0.2) is 0 Å². The number of carbonyl (C=O) groups is 1. The fraction of sp³-hybridized carbons (Fsp3) is 0.417. The number of rotatable bonds is 2. The number of halogens is 2. The van der Waals surface area contributed by atoms with E-state index in [-0.39, 0.29) is 10.8 Å². The predicted octanol–water partition coefficient (Wildman–Crippen LogP) is 2.64. The molecule has 1 aliphatic rings. The van der Waals surface area contributed by atoms with Crippen molar-refractivity contribution in [2.24, 2.45) is 0 Å². The molecule has 1 fully saturated rings. The molecule has 1 heterocycles. The Labute approximate surface area is 99.0 Å². The Hall–Kier alpha value is -0.930. The van der Waals surface area contributed by atoms with Crippen molar-refractivity contribution in [2.75, 3.05) is 13.1 Å². The smallest absolute Gasteiger partial charge is 0.141 e. The average molecular weight is 242 g/mol. The van der Waals surface area contributed by atoms with E-state index >= 15 is 0 Å². The van der Waals surface area contributed by atoms with Gasteiger partial charge in [-0.15, -0.1) is 0 Å². The standard InChI is InChI=1S/C12H13ClFNO/c13-11-7-9(1-2-12(11)14)8-15-5-3-10(16)4-6-15/h1-2,7H,3-6,8H2. The molecule has 0 aliphatic carbocycles. The van der Waals surface area contributed by atoms with Crippen molar-refractivity contribution < 1.29 is 9.18 Å². The quantitative estimate of drug-likeness (QED) is 0.794. The monoisotopic (exact) mass is 241 g/mol. The molecule has 0 bridgehead atoms. The fourth-order valence-corrected chi connectivity index (χ4v) is 2.06. The third kappa shape index (κ3) is 2.80. The zero-order chi connectivity index (χ0) is 11.5. The molecule has 16 heavy (non-hydrogen) atoms. The Morgan fingerprint density at radius 3 is 2.62 bits per heavy atom. The van der Waals surface area contributed by atoms with Crippen LogP contribution in [0.2, 0.25) is 5.02 Å². The summed E-state index contributed by atoms with van der Waals surface area (Å²) in [6.07, 6.45) is 1.24. The van der Waals surface area contributed by atoms with Crippen molar-refractivity contribution in [3.8, 4) is 0 Å². The molecule has 1 saturated heterocycles. The summed E-state index contributed by atoms with van der Waals surface area (Å²) >= 11 is 5.71. The van der Waals surface area contributed by atoms with E-state index < -0.39 is 0 Å². The summed E-state index contributed by atoms with van der Waals surface area (Å²) in [5, 5.41) is 0.158. The van der Waals surface area contributed by atoms with Crippen molar-refractivity contribution in [1.29, 1.82) is 0 Å². The molecule has 4 heteroatoms. The maximum absolute atomic E-state index is 12.9. The third-order valence-corrected chi connectivity index (χ3v) is 3.09. The number of ketones is 1. The third-order valence-electron chi connectivity index (χ3n) is 2.80. The normalized spacial score (nSPS) is 17.8. The van der Waals surface area contributed by atoms with E-state index in [1.54, 1.807) is 12.1 Å². The molecule has 0 radical (unpaired) electrons. The molecule has 1 aliphatic heterocycles. The lowest BCUT2D eigenvalue weighted by Crippen LogP contribution is -2.33. The molecule has 0 amide bonds. The summed E-state index contributed by atoms with van der Waals surface area (Å²) in [7, 11) is 0. The Kier molecular flexibility index (Phi) is 3.56. The highest BCUT2D eigenvalue weighted by atomic mass is 35.5. The molecule has 1 aromatic carbocycles. The van der Waals surface area contributed by atoms with Crippen molar-refractivity contribution in [3.05, 3.63) is 34.6 Å². The highest BCUT2D eigenvalue weighted by Gasteiger charge is 2.16. The summed E-state index contributed by atoms with van der Waals surface area (Å²) < 4.78 is 12.9. The minimum Gasteiger partial charge on any atom is -0.300 e.